The fourth-order valence-electron chi connectivity index (χ4n) is 1.42. The molecule has 0 saturated carbocycles. The third-order valence-corrected chi connectivity index (χ3v) is 2.01. The van der Waals surface area contributed by atoms with Crippen LogP contribution in [0.15, 0.2) is 0 Å². The summed E-state index contributed by atoms with van der Waals surface area (Å²) in [7, 11) is 0. The minimum absolute atomic E-state index is 0.0316. The molecule has 2 bridgehead atoms. The number of nitrogens with one attached hydrogen (secondary N) is 2. The highest BCUT2D eigenvalue weighted by Crippen LogP contribution is 2.14. The Labute approximate surface area is 58.0 Å². The maximum Gasteiger partial charge on any atom is 0.243 e. The zero-order valence-corrected chi connectivity index (χ0v) is 5.39. The Morgan fingerprint density at radius 1 is 1.00 bits per heavy atom. The molecule has 10 heavy (non-hydrogen) atoms. The lowest BCUT2D eigenvalue weighted by molar-refractivity contribution is -0.140. The van der Waals surface area contributed by atoms with E-state index in [1.54, 1.807) is 0 Å². The normalized spacial score (nSPS) is 37.2. The Morgan fingerprint density at radius 3 is 1.60 bits per heavy atom. The molecule has 2 N–H and O–H groups in total. The van der Waals surface area contributed by atoms with Gasteiger partial charge in [0.1, 0.15) is 12.1 Å². The summed E-state index contributed by atoms with van der Waals surface area (Å²) in [6.45, 7) is 0. The molecule has 54 valence electrons. The molecule has 0 aromatic rings. The summed E-state index contributed by atoms with van der Waals surface area (Å²) in [5.74, 6) is -0.0632. The maximum absolute atomic E-state index is 10.9. The number of carbonyl (C=O) groups is 2. The third-order valence-electron chi connectivity index (χ3n) is 2.01. The van der Waals surface area contributed by atoms with Crippen LogP contribution in [0, 0.1) is 0 Å². The summed E-state index contributed by atoms with van der Waals surface area (Å²) >= 11 is 0. The van der Waals surface area contributed by atoms with Crippen LogP contribution in [0.2, 0.25) is 0 Å². The lowest BCUT2D eigenvalue weighted by Gasteiger charge is -2.35. The summed E-state index contributed by atoms with van der Waals surface area (Å²) in [6, 6.07) is -0.505. The first kappa shape index (κ1) is 5.70. The molecule has 3 aliphatic heterocycles. The van der Waals surface area contributed by atoms with E-state index in [9.17, 15) is 9.59 Å². The molecule has 4 nitrogen and oxygen atoms in total. The fourth-order valence-corrected chi connectivity index (χ4v) is 1.42. The van der Waals surface area contributed by atoms with Crippen molar-refractivity contribution < 1.29 is 9.59 Å². The highest BCUT2D eigenvalue weighted by Gasteiger charge is 2.38. The molecular weight excluding hydrogens is 132 g/mol. The van der Waals surface area contributed by atoms with Gasteiger partial charge < -0.3 is 10.6 Å². The second-order valence-electron chi connectivity index (χ2n) is 2.70. The van der Waals surface area contributed by atoms with Crippen LogP contribution in [0.4, 0.5) is 0 Å². The molecule has 3 fully saturated rings. The highest BCUT2D eigenvalue weighted by atomic mass is 16.2. The van der Waals surface area contributed by atoms with Crippen LogP contribution in [0.25, 0.3) is 0 Å². The van der Waals surface area contributed by atoms with Gasteiger partial charge in [-0.2, -0.15) is 0 Å². The van der Waals surface area contributed by atoms with Gasteiger partial charge in [-0.15, -0.1) is 0 Å². The van der Waals surface area contributed by atoms with Crippen molar-refractivity contribution >= 4 is 11.8 Å². The lowest BCUT2D eigenvalue weighted by atomic mass is 9.94. The van der Waals surface area contributed by atoms with Crippen LogP contribution in [-0.2, 0) is 9.59 Å². The van der Waals surface area contributed by atoms with Gasteiger partial charge in [0.25, 0.3) is 0 Å². The molecule has 3 rings (SSSR count). The van der Waals surface area contributed by atoms with Gasteiger partial charge in [0.15, 0.2) is 0 Å². The van der Waals surface area contributed by atoms with Crippen LogP contribution < -0.4 is 10.6 Å². The van der Waals surface area contributed by atoms with E-state index in [0.717, 1.165) is 12.8 Å². The van der Waals surface area contributed by atoms with Gasteiger partial charge in [-0.1, -0.05) is 0 Å². The lowest BCUT2D eigenvalue weighted by Crippen LogP contribution is -2.65. The van der Waals surface area contributed by atoms with E-state index in [4.69, 9.17) is 0 Å². The van der Waals surface area contributed by atoms with Gasteiger partial charge in [0, 0.05) is 0 Å². The third kappa shape index (κ3) is 0.616. The number of hydrogen-bond donors (Lipinski definition) is 2. The van der Waals surface area contributed by atoms with E-state index >= 15 is 0 Å². The topological polar surface area (TPSA) is 58.2 Å². The number of amides is 2. The van der Waals surface area contributed by atoms with E-state index < -0.39 is 0 Å². The van der Waals surface area contributed by atoms with Crippen molar-refractivity contribution in [1.82, 2.24) is 10.6 Å². The van der Waals surface area contributed by atoms with Crippen LogP contribution >= 0.6 is 0 Å². The van der Waals surface area contributed by atoms with Gasteiger partial charge in [-0.25, -0.2) is 0 Å². The molecule has 0 aromatic carbocycles. The molecule has 0 radical (unpaired) electrons. The smallest absolute Gasteiger partial charge is 0.243 e. The highest BCUT2D eigenvalue weighted by molar-refractivity contribution is 5.98. The fraction of sp³-hybridized carbons (Fsp3) is 0.667. The van der Waals surface area contributed by atoms with Crippen molar-refractivity contribution in [3.63, 3.8) is 0 Å². The second kappa shape index (κ2) is 1.71. The van der Waals surface area contributed by atoms with Gasteiger partial charge in [0.05, 0.1) is 0 Å². The number of piperidine rings is 2. The van der Waals surface area contributed by atoms with Crippen molar-refractivity contribution in [2.24, 2.45) is 0 Å². The number of carbonyl (C=O) groups excluding carboxylic acids is 2. The van der Waals surface area contributed by atoms with Crippen molar-refractivity contribution in [2.45, 2.75) is 24.9 Å². The Kier molecular flexibility index (Phi) is 0.977. The van der Waals surface area contributed by atoms with Crippen molar-refractivity contribution in [1.29, 1.82) is 0 Å². The standard InChI is InChI=1S/C6H8N2O2/c9-5-3-1-2-4(8-5)6(10)7-3/h3-4H,1-2H2,(H,7,10)(H,8,9)/t3-,4-/m1/s1. The maximum atomic E-state index is 10.9. The van der Waals surface area contributed by atoms with E-state index in [1.165, 1.54) is 0 Å². The Balaban J connectivity index is 2.23. The average molecular weight is 140 g/mol. The molecule has 4 heteroatoms. The number of hydrogen-bond acceptors (Lipinski definition) is 2. The van der Waals surface area contributed by atoms with E-state index in [0.29, 0.717) is 0 Å². The van der Waals surface area contributed by atoms with Crippen molar-refractivity contribution in [3.05, 3.63) is 0 Å². The predicted molar refractivity (Wildman–Crippen MR) is 33.1 cm³/mol. The average Bonchev–Trinajstić information content (AvgIpc) is 1.91. The minimum Gasteiger partial charge on any atom is -0.343 e. The Morgan fingerprint density at radius 2 is 1.40 bits per heavy atom. The molecule has 0 aromatic heterocycles. The first-order valence-electron chi connectivity index (χ1n) is 3.38. The first-order chi connectivity index (χ1) is 4.77. The molecular formula is C6H8N2O2. The molecule has 0 spiro atoms. The molecule has 0 aliphatic carbocycles. The Bertz CT molecular complexity index is 180. The van der Waals surface area contributed by atoms with E-state index in [1.807, 2.05) is 0 Å². The minimum atomic E-state index is -0.252. The summed E-state index contributed by atoms with van der Waals surface area (Å²) < 4.78 is 0. The zero-order valence-electron chi connectivity index (χ0n) is 5.39. The van der Waals surface area contributed by atoms with E-state index in [2.05, 4.69) is 10.6 Å². The largest absolute Gasteiger partial charge is 0.343 e. The molecule has 2 atom stereocenters. The quantitative estimate of drug-likeness (QED) is 0.442. The predicted octanol–water partition coefficient (Wildman–Crippen LogP) is -1.24. The van der Waals surface area contributed by atoms with Gasteiger partial charge in [-0.05, 0) is 12.8 Å². The van der Waals surface area contributed by atoms with E-state index in [-0.39, 0.29) is 23.9 Å². The molecule has 3 saturated heterocycles. The van der Waals surface area contributed by atoms with Crippen LogP contribution in [0.3, 0.4) is 0 Å². The zero-order chi connectivity index (χ0) is 7.14. The van der Waals surface area contributed by atoms with Gasteiger partial charge in [-0.3, -0.25) is 9.59 Å². The number of piperazine rings is 1. The summed E-state index contributed by atoms with van der Waals surface area (Å²) in [4.78, 5) is 21.8. The number of rotatable bonds is 0. The van der Waals surface area contributed by atoms with Crippen molar-refractivity contribution in [3.8, 4) is 0 Å². The summed E-state index contributed by atoms with van der Waals surface area (Å²) in [5, 5.41) is 5.23. The summed E-state index contributed by atoms with van der Waals surface area (Å²) in [5.41, 5.74) is 0. The monoisotopic (exact) mass is 140 g/mol. The molecule has 0 unspecified atom stereocenters. The summed E-state index contributed by atoms with van der Waals surface area (Å²) in [6.07, 6.45) is 1.59. The van der Waals surface area contributed by atoms with Gasteiger partial charge >= 0.3 is 0 Å². The first-order valence-corrected chi connectivity index (χ1v) is 3.38. The second-order valence-corrected chi connectivity index (χ2v) is 2.70. The molecule has 2 amide bonds. The Hall–Kier alpha value is -1.06. The number of fused-ring (bicyclic) bond motifs is 3. The molecule has 3 aliphatic rings. The van der Waals surface area contributed by atoms with Crippen LogP contribution in [0.1, 0.15) is 12.8 Å². The SMILES string of the molecule is O=C1N[C@@H]2CC[C@H]1NC2=O. The van der Waals surface area contributed by atoms with Crippen LogP contribution in [-0.4, -0.2) is 23.9 Å². The van der Waals surface area contributed by atoms with Crippen LogP contribution in [0.5, 0.6) is 0 Å². The van der Waals surface area contributed by atoms with Gasteiger partial charge in [0.2, 0.25) is 11.8 Å². The van der Waals surface area contributed by atoms with Crippen molar-refractivity contribution in [2.75, 3.05) is 0 Å². The molecule has 3 heterocycles.